The van der Waals surface area contributed by atoms with Crippen molar-refractivity contribution in [3.05, 3.63) is 62.0 Å². The second-order valence-electron chi connectivity index (χ2n) is 4.49. The topological polar surface area (TPSA) is 84.5 Å². The largest absolute Gasteiger partial charge is 0.508 e. The van der Waals surface area contributed by atoms with Crippen molar-refractivity contribution >= 4 is 12.2 Å². The third kappa shape index (κ3) is 2.80. The highest BCUT2D eigenvalue weighted by Crippen LogP contribution is 2.12. The predicted octanol–water partition coefficient (Wildman–Crippen LogP) is 0.821. The fourth-order valence-electron chi connectivity index (χ4n) is 1.78. The van der Waals surface area contributed by atoms with E-state index in [0.29, 0.717) is 0 Å². The molecular weight excluding hydrogens is 272 g/mol. The van der Waals surface area contributed by atoms with E-state index in [0.717, 1.165) is 14.7 Å². The van der Waals surface area contributed by atoms with Crippen LogP contribution in [0.4, 0.5) is 0 Å². The molecule has 0 atom stereocenters. The van der Waals surface area contributed by atoms with E-state index in [4.69, 9.17) is 5.11 Å². The van der Waals surface area contributed by atoms with Crippen LogP contribution < -0.4 is 11.2 Å². The standard InChI is InChI=1S/C15H14N2O4/c1-16-13(19)12(14(20)17(2)15(16)21)5-3-4-10-6-8-11(18)9-7-10/h4-9,18-19H,1-2H3. The summed E-state index contributed by atoms with van der Waals surface area (Å²) < 4.78 is 1.89. The van der Waals surface area contributed by atoms with E-state index < -0.39 is 17.1 Å². The van der Waals surface area contributed by atoms with Crippen molar-refractivity contribution in [3.8, 4) is 11.6 Å². The first kappa shape index (κ1) is 14.4. The molecule has 0 radical (unpaired) electrons. The molecule has 108 valence electrons. The van der Waals surface area contributed by atoms with Crippen molar-refractivity contribution in [3.63, 3.8) is 0 Å². The summed E-state index contributed by atoms with van der Waals surface area (Å²) in [5.41, 5.74) is 2.33. The summed E-state index contributed by atoms with van der Waals surface area (Å²) in [6.45, 7) is 0. The Balaban J connectivity index is 2.49. The quantitative estimate of drug-likeness (QED) is 0.801. The summed E-state index contributed by atoms with van der Waals surface area (Å²) in [5.74, 6) is -0.254. The number of phenolic OH excluding ortho intramolecular Hbond substituents is 1. The molecule has 21 heavy (non-hydrogen) atoms. The fourth-order valence-corrected chi connectivity index (χ4v) is 1.78. The zero-order chi connectivity index (χ0) is 15.6. The number of hydrogen-bond acceptors (Lipinski definition) is 4. The minimum atomic E-state index is -0.600. The van der Waals surface area contributed by atoms with E-state index in [-0.39, 0.29) is 11.3 Å². The fraction of sp³-hybridized carbons (Fsp3) is 0.133. The van der Waals surface area contributed by atoms with Gasteiger partial charge in [0.15, 0.2) is 0 Å². The van der Waals surface area contributed by atoms with E-state index in [1.165, 1.54) is 32.3 Å². The van der Waals surface area contributed by atoms with Gasteiger partial charge in [-0.25, -0.2) is 4.79 Å². The normalized spacial score (nSPS) is 10.0. The molecule has 0 unspecified atom stereocenters. The second-order valence-corrected chi connectivity index (χ2v) is 4.49. The summed E-state index contributed by atoms with van der Waals surface area (Å²) in [6, 6.07) is 6.40. The number of aromatic hydroxyl groups is 2. The number of aromatic nitrogens is 2. The van der Waals surface area contributed by atoms with Gasteiger partial charge in [-0.1, -0.05) is 12.1 Å². The van der Waals surface area contributed by atoms with Crippen LogP contribution in [0.3, 0.4) is 0 Å². The second kappa shape index (κ2) is 5.56. The van der Waals surface area contributed by atoms with Crippen molar-refractivity contribution in [1.82, 2.24) is 9.13 Å². The van der Waals surface area contributed by atoms with Gasteiger partial charge in [-0.2, -0.15) is 0 Å². The first-order chi connectivity index (χ1) is 9.91. The van der Waals surface area contributed by atoms with Gasteiger partial charge >= 0.3 is 5.69 Å². The first-order valence-corrected chi connectivity index (χ1v) is 6.12. The number of benzene rings is 1. The summed E-state index contributed by atoms with van der Waals surface area (Å²) in [6.07, 6.45) is 2.90. The van der Waals surface area contributed by atoms with Crippen molar-refractivity contribution < 1.29 is 10.2 Å². The summed E-state index contributed by atoms with van der Waals surface area (Å²) in [5, 5.41) is 19.0. The highest BCUT2D eigenvalue weighted by atomic mass is 16.3. The van der Waals surface area contributed by atoms with Crippen molar-refractivity contribution in [2.75, 3.05) is 0 Å². The summed E-state index contributed by atoms with van der Waals surface area (Å²) in [4.78, 5) is 23.5. The van der Waals surface area contributed by atoms with Gasteiger partial charge in [0.1, 0.15) is 11.3 Å². The zero-order valence-electron chi connectivity index (χ0n) is 11.6. The highest BCUT2D eigenvalue weighted by molar-refractivity contribution is 5.59. The Morgan fingerprint density at radius 2 is 1.62 bits per heavy atom. The summed E-state index contributed by atoms with van der Waals surface area (Å²) in [7, 11) is 2.71. The third-order valence-electron chi connectivity index (χ3n) is 3.04. The van der Waals surface area contributed by atoms with Crippen LogP contribution in [0.2, 0.25) is 0 Å². The first-order valence-electron chi connectivity index (χ1n) is 6.12. The van der Waals surface area contributed by atoms with Crippen LogP contribution in [0.5, 0.6) is 11.6 Å². The van der Waals surface area contributed by atoms with Crippen LogP contribution in [-0.4, -0.2) is 19.3 Å². The Kier molecular flexibility index (Phi) is 3.82. The van der Waals surface area contributed by atoms with Crippen LogP contribution in [0.1, 0.15) is 11.1 Å². The molecule has 0 saturated heterocycles. The van der Waals surface area contributed by atoms with Gasteiger partial charge in [0.25, 0.3) is 5.56 Å². The lowest BCUT2D eigenvalue weighted by molar-refractivity contribution is 0.410. The maximum Gasteiger partial charge on any atom is 0.333 e. The van der Waals surface area contributed by atoms with Gasteiger partial charge < -0.3 is 10.2 Å². The molecule has 0 bridgehead atoms. The van der Waals surface area contributed by atoms with Crippen LogP contribution in [0.15, 0.2) is 39.6 Å². The monoisotopic (exact) mass is 286 g/mol. The van der Waals surface area contributed by atoms with E-state index in [2.05, 4.69) is 5.73 Å². The third-order valence-corrected chi connectivity index (χ3v) is 3.04. The zero-order valence-corrected chi connectivity index (χ0v) is 11.6. The molecule has 2 aromatic rings. The maximum atomic E-state index is 11.9. The van der Waals surface area contributed by atoms with E-state index in [1.54, 1.807) is 18.2 Å². The Morgan fingerprint density at radius 3 is 2.24 bits per heavy atom. The predicted molar refractivity (Wildman–Crippen MR) is 79.1 cm³/mol. The van der Waals surface area contributed by atoms with Crippen molar-refractivity contribution in [2.45, 2.75) is 0 Å². The number of hydrogen-bond donors (Lipinski definition) is 2. The molecule has 0 aliphatic rings. The van der Waals surface area contributed by atoms with E-state index in [9.17, 15) is 14.7 Å². The molecule has 0 spiro atoms. The Bertz CT molecular complexity index is 851. The van der Waals surface area contributed by atoms with Gasteiger partial charge in [0.2, 0.25) is 5.88 Å². The molecule has 0 saturated carbocycles. The molecule has 0 aliphatic carbocycles. The molecule has 1 aromatic heterocycles. The Labute approximate surface area is 120 Å². The number of nitrogens with zero attached hydrogens (tertiary/aromatic N) is 2. The van der Waals surface area contributed by atoms with E-state index >= 15 is 0 Å². The highest BCUT2D eigenvalue weighted by Gasteiger charge is 2.11. The molecule has 1 heterocycles. The van der Waals surface area contributed by atoms with Gasteiger partial charge in [-0.15, -0.1) is 5.73 Å². The average Bonchev–Trinajstić information content (AvgIpc) is 2.48. The van der Waals surface area contributed by atoms with Gasteiger partial charge in [0.05, 0.1) is 0 Å². The lowest BCUT2D eigenvalue weighted by Crippen LogP contribution is -2.37. The minimum Gasteiger partial charge on any atom is -0.508 e. The molecule has 0 aliphatic heterocycles. The van der Waals surface area contributed by atoms with Gasteiger partial charge in [0, 0.05) is 14.1 Å². The number of rotatable bonds is 2. The Morgan fingerprint density at radius 1 is 1.00 bits per heavy atom. The average molecular weight is 286 g/mol. The minimum absolute atomic E-state index is 0.0189. The van der Waals surface area contributed by atoms with Crippen LogP contribution in [-0.2, 0) is 14.1 Å². The molecule has 6 nitrogen and oxygen atoms in total. The van der Waals surface area contributed by atoms with Gasteiger partial charge in [-0.05, 0) is 29.8 Å². The lowest BCUT2D eigenvalue weighted by Gasteiger charge is -2.06. The maximum absolute atomic E-state index is 11.9. The van der Waals surface area contributed by atoms with Crippen LogP contribution in [0, 0.1) is 0 Å². The van der Waals surface area contributed by atoms with Crippen molar-refractivity contribution in [2.24, 2.45) is 14.1 Å². The van der Waals surface area contributed by atoms with Crippen molar-refractivity contribution in [1.29, 1.82) is 0 Å². The van der Waals surface area contributed by atoms with Crippen LogP contribution in [0.25, 0.3) is 12.2 Å². The van der Waals surface area contributed by atoms with Gasteiger partial charge in [-0.3, -0.25) is 13.9 Å². The molecule has 6 heteroatoms. The Hall–Kier alpha value is -2.98. The van der Waals surface area contributed by atoms with E-state index in [1.807, 2.05) is 0 Å². The van der Waals surface area contributed by atoms with Crippen LogP contribution >= 0.6 is 0 Å². The smallest absolute Gasteiger partial charge is 0.333 e. The molecule has 2 rings (SSSR count). The molecular formula is C15H14N2O4. The lowest BCUT2D eigenvalue weighted by atomic mass is 10.2. The SMILES string of the molecule is Cn1c(O)c(C=C=Cc2ccc(O)cc2)c(=O)n(C)c1=O. The molecule has 0 fully saturated rings. The number of phenols is 1. The summed E-state index contributed by atoms with van der Waals surface area (Å²) >= 11 is 0. The molecule has 0 amide bonds. The molecule has 1 aromatic carbocycles. The molecule has 2 N–H and O–H groups in total.